The van der Waals surface area contributed by atoms with Crippen molar-refractivity contribution in [3.05, 3.63) is 53.7 Å². The second kappa shape index (κ2) is 6.63. The van der Waals surface area contributed by atoms with Crippen LogP contribution in [0, 0.1) is 5.82 Å². The lowest BCUT2D eigenvalue weighted by Gasteiger charge is -2.21. The second-order valence-electron chi connectivity index (χ2n) is 5.95. The molecule has 2 N–H and O–H groups in total. The van der Waals surface area contributed by atoms with Crippen molar-refractivity contribution in [2.24, 2.45) is 0 Å². The van der Waals surface area contributed by atoms with Crippen LogP contribution < -0.4 is 10.6 Å². The van der Waals surface area contributed by atoms with E-state index in [4.69, 9.17) is 0 Å². The van der Waals surface area contributed by atoms with E-state index in [0.717, 1.165) is 5.56 Å². The monoisotopic (exact) mass is 288 g/mol. The summed E-state index contributed by atoms with van der Waals surface area (Å²) in [6.07, 6.45) is 5.07. The fourth-order valence-corrected chi connectivity index (χ4v) is 1.79. The maximum atomic E-state index is 14.4. The number of hydrogen-bond donors (Lipinski definition) is 2. The zero-order valence-corrected chi connectivity index (χ0v) is 12.7. The minimum Gasteiger partial charge on any atom is -0.363 e. The Hall–Kier alpha value is -2.01. The number of rotatable bonds is 5. The van der Waals surface area contributed by atoms with Gasteiger partial charge in [0.05, 0.1) is 0 Å². The Morgan fingerprint density at radius 2 is 1.95 bits per heavy atom. The number of hydrogen-bond acceptors (Lipinski definition) is 4. The standard InChI is InChI=1S/C16H21FN4/c1-16(2,3)21-11-13-6-8-19-15(14(13)17)20-10-12-5-4-7-18-9-12/h4-9,21H,10-11H2,1-3H3,(H,19,20). The number of aromatic nitrogens is 2. The van der Waals surface area contributed by atoms with Gasteiger partial charge >= 0.3 is 0 Å². The molecule has 0 amide bonds. The molecule has 112 valence electrons. The van der Waals surface area contributed by atoms with E-state index < -0.39 is 0 Å². The minimum absolute atomic E-state index is 0.0565. The van der Waals surface area contributed by atoms with E-state index in [1.165, 1.54) is 0 Å². The van der Waals surface area contributed by atoms with Gasteiger partial charge in [0.25, 0.3) is 0 Å². The average Bonchev–Trinajstić information content (AvgIpc) is 2.45. The van der Waals surface area contributed by atoms with Gasteiger partial charge in [0.15, 0.2) is 11.6 Å². The SMILES string of the molecule is CC(C)(C)NCc1ccnc(NCc2cccnc2)c1F. The van der Waals surface area contributed by atoms with Gasteiger partial charge in [0, 0.05) is 42.8 Å². The smallest absolute Gasteiger partial charge is 0.169 e. The second-order valence-corrected chi connectivity index (χ2v) is 5.95. The Bertz CT molecular complexity index is 579. The summed E-state index contributed by atoms with van der Waals surface area (Å²) >= 11 is 0. The van der Waals surface area contributed by atoms with Crippen LogP contribution in [0.4, 0.5) is 10.2 Å². The Morgan fingerprint density at radius 3 is 2.62 bits per heavy atom. The third kappa shape index (κ3) is 4.79. The number of nitrogens with one attached hydrogen (secondary N) is 2. The summed E-state index contributed by atoms with van der Waals surface area (Å²) in [6.45, 7) is 7.11. The third-order valence-electron chi connectivity index (χ3n) is 2.96. The van der Waals surface area contributed by atoms with Crippen LogP contribution in [0.3, 0.4) is 0 Å². The van der Waals surface area contributed by atoms with Crippen molar-refractivity contribution >= 4 is 5.82 Å². The zero-order valence-electron chi connectivity index (χ0n) is 12.7. The predicted octanol–water partition coefficient (Wildman–Crippen LogP) is 3.12. The first kappa shape index (κ1) is 15.4. The van der Waals surface area contributed by atoms with Crippen molar-refractivity contribution in [1.82, 2.24) is 15.3 Å². The summed E-state index contributed by atoms with van der Waals surface area (Å²) in [5, 5.41) is 6.29. The van der Waals surface area contributed by atoms with Gasteiger partial charge in [0.2, 0.25) is 0 Å². The van der Waals surface area contributed by atoms with Gasteiger partial charge in [-0.1, -0.05) is 6.07 Å². The molecule has 5 heteroatoms. The molecule has 0 aliphatic carbocycles. The summed E-state index contributed by atoms with van der Waals surface area (Å²) < 4.78 is 14.4. The number of anilines is 1. The van der Waals surface area contributed by atoms with Crippen molar-refractivity contribution in [2.45, 2.75) is 39.4 Å². The van der Waals surface area contributed by atoms with Crippen LogP contribution in [0.1, 0.15) is 31.9 Å². The molecule has 0 radical (unpaired) electrons. The quantitative estimate of drug-likeness (QED) is 0.887. The predicted molar refractivity (Wildman–Crippen MR) is 82.4 cm³/mol. The lowest BCUT2D eigenvalue weighted by Crippen LogP contribution is -2.35. The van der Waals surface area contributed by atoms with E-state index in [0.29, 0.717) is 18.7 Å². The van der Waals surface area contributed by atoms with Crippen molar-refractivity contribution in [3.8, 4) is 0 Å². The van der Waals surface area contributed by atoms with Crippen molar-refractivity contribution < 1.29 is 4.39 Å². The highest BCUT2D eigenvalue weighted by Gasteiger charge is 2.13. The first-order valence-corrected chi connectivity index (χ1v) is 6.97. The van der Waals surface area contributed by atoms with Crippen molar-refractivity contribution in [3.63, 3.8) is 0 Å². The Labute approximate surface area is 124 Å². The van der Waals surface area contributed by atoms with Gasteiger partial charge < -0.3 is 10.6 Å². The van der Waals surface area contributed by atoms with E-state index in [1.54, 1.807) is 24.7 Å². The normalized spacial score (nSPS) is 11.4. The molecule has 0 spiro atoms. The lowest BCUT2D eigenvalue weighted by molar-refractivity contribution is 0.418. The van der Waals surface area contributed by atoms with Gasteiger partial charge in [-0.05, 0) is 38.5 Å². The summed E-state index contributed by atoms with van der Waals surface area (Å²) in [6, 6.07) is 5.48. The van der Waals surface area contributed by atoms with Crippen LogP contribution in [-0.4, -0.2) is 15.5 Å². The van der Waals surface area contributed by atoms with Gasteiger partial charge in [-0.3, -0.25) is 4.98 Å². The molecule has 0 unspecified atom stereocenters. The average molecular weight is 288 g/mol. The van der Waals surface area contributed by atoms with Crippen molar-refractivity contribution in [2.75, 3.05) is 5.32 Å². The van der Waals surface area contributed by atoms with Crippen LogP contribution >= 0.6 is 0 Å². The molecule has 0 bridgehead atoms. The zero-order chi connectivity index (χ0) is 15.3. The summed E-state index contributed by atoms with van der Waals surface area (Å²) in [5.74, 6) is -0.0368. The minimum atomic E-state index is -0.307. The molecule has 2 aromatic heterocycles. The van der Waals surface area contributed by atoms with Gasteiger partial charge in [-0.25, -0.2) is 9.37 Å². The van der Waals surface area contributed by atoms with Crippen LogP contribution in [0.5, 0.6) is 0 Å². The maximum absolute atomic E-state index is 14.4. The van der Waals surface area contributed by atoms with Gasteiger partial charge in [-0.15, -0.1) is 0 Å². The molecular formula is C16H21FN4. The first-order chi connectivity index (χ1) is 9.96. The molecule has 0 fully saturated rings. The van der Waals surface area contributed by atoms with Crippen LogP contribution in [0.25, 0.3) is 0 Å². The van der Waals surface area contributed by atoms with E-state index in [1.807, 2.05) is 32.9 Å². The topological polar surface area (TPSA) is 49.8 Å². The molecule has 0 aromatic carbocycles. The fraction of sp³-hybridized carbons (Fsp3) is 0.375. The largest absolute Gasteiger partial charge is 0.363 e. The summed E-state index contributed by atoms with van der Waals surface area (Å²) in [5.41, 5.74) is 1.53. The first-order valence-electron chi connectivity index (χ1n) is 6.97. The highest BCUT2D eigenvalue weighted by atomic mass is 19.1. The summed E-state index contributed by atoms with van der Waals surface area (Å²) in [4.78, 5) is 8.09. The fourth-order valence-electron chi connectivity index (χ4n) is 1.79. The van der Waals surface area contributed by atoms with Gasteiger partial charge in [-0.2, -0.15) is 0 Å². The number of nitrogens with zero attached hydrogens (tertiary/aromatic N) is 2. The lowest BCUT2D eigenvalue weighted by atomic mass is 10.1. The Morgan fingerprint density at radius 1 is 1.14 bits per heavy atom. The molecule has 0 atom stereocenters. The van der Waals surface area contributed by atoms with E-state index in [2.05, 4.69) is 20.6 Å². The molecule has 2 aromatic rings. The molecule has 4 nitrogen and oxygen atoms in total. The molecule has 0 saturated heterocycles. The molecule has 2 heterocycles. The molecule has 21 heavy (non-hydrogen) atoms. The Balaban J connectivity index is 2.03. The van der Waals surface area contributed by atoms with Crippen LogP contribution in [-0.2, 0) is 13.1 Å². The van der Waals surface area contributed by atoms with E-state index in [-0.39, 0.29) is 17.2 Å². The number of pyridine rings is 2. The number of halogens is 1. The van der Waals surface area contributed by atoms with E-state index in [9.17, 15) is 4.39 Å². The van der Waals surface area contributed by atoms with Crippen LogP contribution in [0.2, 0.25) is 0 Å². The van der Waals surface area contributed by atoms with Crippen molar-refractivity contribution in [1.29, 1.82) is 0 Å². The Kier molecular flexibility index (Phi) is 4.85. The molecule has 2 rings (SSSR count). The van der Waals surface area contributed by atoms with E-state index >= 15 is 0 Å². The highest BCUT2D eigenvalue weighted by Crippen LogP contribution is 2.16. The molecule has 0 aliphatic heterocycles. The molecule has 0 saturated carbocycles. The third-order valence-corrected chi connectivity index (χ3v) is 2.96. The summed E-state index contributed by atoms with van der Waals surface area (Å²) in [7, 11) is 0. The molecular weight excluding hydrogens is 267 g/mol. The highest BCUT2D eigenvalue weighted by molar-refractivity contribution is 5.40. The van der Waals surface area contributed by atoms with Gasteiger partial charge in [0.1, 0.15) is 0 Å². The maximum Gasteiger partial charge on any atom is 0.169 e. The molecule has 0 aliphatic rings. The van der Waals surface area contributed by atoms with Crippen LogP contribution in [0.15, 0.2) is 36.8 Å².